The molecule has 0 amide bonds. The Morgan fingerprint density at radius 3 is 2.63 bits per heavy atom. The van der Waals surface area contributed by atoms with Crippen molar-refractivity contribution in [3.05, 3.63) is 76.7 Å². The van der Waals surface area contributed by atoms with Crippen molar-refractivity contribution < 1.29 is 27.8 Å². The Labute approximate surface area is 172 Å². The predicted molar refractivity (Wildman–Crippen MR) is 101 cm³/mol. The van der Waals surface area contributed by atoms with Gasteiger partial charge >= 0.3 is 6.18 Å². The van der Waals surface area contributed by atoms with Crippen LogP contribution >= 0.6 is 11.6 Å². The van der Waals surface area contributed by atoms with Crippen molar-refractivity contribution in [2.45, 2.75) is 12.8 Å². The molecule has 4 rings (SSSR count). The molecule has 2 aromatic heterocycles. The largest absolute Gasteiger partial charge is 0.543 e. The van der Waals surface area contributed by atoms with Gasteiger partial charge in [-0.2, -0.15) is 18.3 Å². The number of carboxylic acid groups (broad SMARTS) is 1. The normalized spacial score (nSPS) is 11.7. The average molecular weight is 435 g/mol. The third kappa shape index (κ3) is 3.84. The number of alkyl halides is 3. The van der Waals surface area contributed by atoms with E-state index in [0.717, 1.165) is 10.7 Å². The maximum atomic E-state index is 13.2. The van der Waals surface area contributed by atoms with Crippen LogP contribution in [0.5, 0.6) is 5.75 Å². The molecule has 4 aromatic rings. The highest BCUT2D eigenvalue weighted by Gasteiger charge is 2.35. The number of fused-ring (bicyclic) bond motifs is 1. The molecule has 0 fully saturated rings. The molecule has 30 heavy (non-hydrogen) atoms. The SMILES string of the molecule is O=C([O-])c1cc2cc(OCc3cc(C(F)(F)F)nn3-c3ccccc3Cl)ccc2[nH]1. The number of carboxylic acids is 1. The standard InChI is InChI=1S/C20H13ClF3N3O3/c21-14-3-1-2-4-17(14)27-12(9-18(26-27)20(22,23)24)10-30-13-5-6-15-11(7-13)8-16(25-15)19(28)29/h1-9,25H,10H2,(H,28,29)/p-1. The van der Waals surface area contributed by atoms with E-state index in [1.54, 1.807) is 42.5 Å². The molecule has 2 heterocycles. The van der Waals surface area contributed by atoms with Gasteiger partial charge in [0.15, 0.2) is 5.69 Å². The zero-order chi connectivity index (χ0) is 21.5. The number of rotatable bonds is 5. The number of H-pyrrole nitrogens is 1. The van der Waals surface area contributed by atoms with E-state index in [0.29, 0.717) is 16.7 Å². The minimum atomic E-state index is -4.63. The van der Waals surface area contributed by atoms with Crippen molar-refractivity contribution in [2.24, 2.45) is 0 Å². The van der Waals surface area contributed by atoms with Gasteiger partial charge in [-0.05, 0) is 42.5 Å². The van der Waals surface area contributed by atoms with E-state index >= 15 is 0 Å². The molecular formula is C20H12ClF3N3O3-. The quantitative estimate of drug-likeness (QED) is 0.515. The van der Waals surface area contributed by atoms with Crippen molar-refractivity contribution in [2.75, 3.05) is 0 Å². The van der Waals surface area contributed by atoms with Gasteiger partial charge in [0.25, 0.3) is 0 Å². The van der Waals surface area contributed by atoms with E-state index in [1.807, 2.05) is 0 Å². The Balaban J connectivity index is 1.65. The number of hydrogen-bond donors (Lipinski definition) is 1. The lowest BCUT2D eigenvalue weighted by Gasteiger charge is -2.10. The molecule has 2 aromatic carbocycles. The van der Waals surface area contributed by atoms with E-state index in [2.05, 4.69) is 10.1 Å². The Hall–Kier alpha value is -3.46. The van der Waals surface area contributed by atoms with Gasteiger partial charge < -0.3 is 19.6 Å². The second kappa shape index (κ2) is 7.42. The summed E-state index contributed by atoms with van der Waals surface area (Å²) >= 11 is 6.13. The molecule has 0 saturated heterocycles. The lowest BCUT2D eigenvalue weighted by Crippen LogP contribution is -2.22. The van der Waals surface area contributed by atoms with Crippen molar-refractivity contribution >= 4 is 28.5 Å². The monoisotopic (exact) mass is 434 g/mol. The van der Waals surface area contributed by atoms with Crippen LogP contribution in [0.2, 0.25) is 5.02 Å². The summed E-state index contributed by atoms with van der Waals surface area (Å²) in [5.74, 6) is -1.01. The number of aromatic carboxylic acids is 1. The van der Waals surface area contributed by atoms with Crippen LogP contribution in [0.4, 0.5) is 13.2 Å². The van der Waals surface area contributed by atoms with E-state index in [1.165, 1.54) is 6.07 Å². The third-order valence-electron chi connectivity index (χ3n) is 4.35. The number of halogens is 4. The van der Waals surface area contributed by atoms with Gasteiger partial charge in [0, 0.05) is 10.9 Å². The highest BCUT2D eigenvalue weighted by Crippen LogP contribution is 2.31. The highest BCUT2D eigenvalue weighted by molar-refractivity contribution is 6.32. The first-order valence-electron chi connectivity index (χ1n) is 8.60. The first kappa shape index (κ1) is 19.8. The molecule has 0 unspecified atom stereocenters. The first-order valence-corrected chi connectivity index (χ1v) is 8.98. The van der Waals surface area contributed by atoms with Gasteiger partial charge in [0.2, 0.25) is 0 Å². The molecule has 0 spiro atoms. The number of para-hydroxylation sites is 1. The maximum absolute atomic E-state index is 13.2. The summed E-state index contributed by atoms with van der Waals surface area (Å²) in [6, 6.07) is 13.4. The number of aromatic nitrogens is 3. The third-order valence-corrected chi connectivity index (χ3v) is 4.67. The molecular weight excluding hydrogens is 423 g/mol. The highest BCUT2D eigenvalue weighted by atomic mass is 35.5. The molecule has 0 aliphatic carbocycles. The summed E-state index contributed by atoms with van der Waals surface area (Å²) in [5, 5.41) is 15.4. The van der Waals surface area contributed by atoms with Crippen LogP contribution in [0.3, 0.4) is 0 Å². The van der Waals surface area contributed by atoms with Gasteiger partial charge in [0.05, 0.1) is 28.1 Å². The fourth-order valence-electron chi connectivity index (χ4n) is 2.96. The number of ether oxygens (including phenoxy) is 1. The molecule has 0 aliphatic rings. The Morgan fingerprint density at radius 1 is 1.17 bits per heavy atom. The van der Waals surface area contributed by atoms with Crippen LogP contribution in [0.25, 0.3) is 16.6 Å². The van der Waals surface area contributed by atoms with Crippen LogP contribution < -0.4 is 9.84 Å². The number of aromatic amines is 1. The molecule has 0 radical (unpaired) electrons. The zero-order valence-electron chi connectivity index (χ0n) is 15.0. The smallest absolute Gasteiger partial charge is 0.435 e. The van der Waals surface area contributed by atoms with E-state index in [9.17, 15) is 23.1 Å². The summed E-state index contributed by atoms with van der Waals surface area (Å²) in [6.45, 7) is -0.225. The molecule has 10 heteroatoms. The first-order chi connectivity index (χ1) is 14.2. The molecule has 0 bridgehead atoms. The van der Waals surface area contributed by atoms with Crippen LogP contribution in [0.1, 0.15) is 21.9 Å². The number of nitrogens with zero attached hydrogens (tertiary/aromatic N) is 2. The molecule has 0 aliphatic heterocycles. The van der Waals surface area contributed by atoms with Crippen LogP contribution in [0, 0.1) is 0 Å². The summed E-state index contributed by atoms with van der Waals surface area (Å²) in [7, 11) is 0. The fraction of sp³-hybridized carbons (Fsp3) is 0.100. The minimum Gasteiger partial charge on any atom is -0.543 e. The molecule has 1 N–H and O–H groups in total. The van der Waals surface area contributed by atoms with Crippen LogP contribution in [0.15, 0.2) is 54.6 Å². The van der Waals surface area contributed by atoms with Crippen molar-refractivity contribution in [1.29, 1.82) is 0 Å². The predicted octanol–water partition coefficient (Wildman–Crippen LogP) is 3.97. The van der Waals surface area contributed by atoms with Gasteiger partial charge in [-0.25, -0.2) is 4.68 Å². The van der Waals surface area contributed by atoms with E-state index in [-0.39, 0.29) is 28.7 Å². The van der Waals surface area contributed by atoms with Crippen LogP contribution in [-0.2, 0) is 12.8 Å². The van der Waals surface area contributed by atoms with Crippen molar-refractivity contribution in [1.82, 2.24) is 14.8 Å². The number of benzene rings is 2. The van der Waals surface area contributed by atoms with Crippen molar-refractivity contribution in [3.63, 3.8) is 0 Å². The summed E-state index contributed by atoms with van der Waals surface area (Å²) < 4.78 is 46.3. The Morgan fingerprint density at radius 2 is 1.93 bits per heavy atom. The number of nitrogens with one attached hydrogen (secondary N) is 1. The lowest BCUT2D eigenvalue weighted by atomic mass is 10.2. The fourth-order valence-corrected chi connectivity index (χ4v) is 3.18. The Bertz CT molecular complexity index is 1250. The molecule has 0 saturated carbocycles. The summed E-state index contributed by atoms with van der Waals surface area (Å²) in [5.41, 5.74) is -0.176. The molecule has 6 nitrogen and oxygen atoms in total. The van der Waals surface area contributed by atoms with E-state index in [4.69, 9.17) is 16.3 Å². The minimum absolute atomic E-state index is 0.0891. The average Bonchev–Trinajstić information content (AvgIpc) is 3.30. The number of hydrogen-bond acceptors (Lipinski definition) is 4. The molecule has 0 atom stereocenters. The van der Waals surface area contributed by atoms with Crippen LogP contribution in [-0.4, -0.2) is 20.7 Å². The topological polar surface area (TPSA) is 83.0 Å². The number of carbonyl (C=O) groups is 1. The van der Waals surface area contributed by atoms with E-state index < -0.39 is 17.8 Å². The van der Waals surface area contributed by atoms with Crippen molar-refractivity contribution in [3.8, 4) is 11.4 Å². The summed E-state index contributed by atoms with van der Waals surface area (Å²) in [6.07, 6.45) is -4.63. The van der Waals surface area contributed by atoms with Gasteiger partial charge in [-0.1, -0.05) is 23.7 Å². The second-order valence-electron chi connectivity index (χ2n) is 6.39. The molecule has 154 valence electrons. The van der Waals surface area contributed by atoms with Gasteiger partial charge in [-0.15, -0.1) is 0 Å². The van der Waals surface area contributed by atoms with Gasteiger partial charge in [0.1, 0.15) is 12.4 Å². The lowest BCUT2D eigenvalue weighted by molar-refractivity contribution is -0.255. The van der Waals surface area contributed by atoms with Gasteiger partial charge in [-0.3, -0.25) is 0 Å². The number of carbonyl (C=O) groups excluding carboxylic acids is 1. The maximum Gasteiger partial charge on any atom is 0.435 e. The second-order valence-corrected chi connectivity index (χ2v) is 6.80. The summed E-state index contributed by atoms with van der Waals surface area (Å²) in [4.78, 5) is 13.6. The zero-order valence-corrected chi connectivity index (χ0v) is 15.8. The Kier molecular flexibility index (Phi) is 4.90.